The maximum Gasteiger partial charge on any atom is 0.255 e. The lowest BCUT2D eigenvalue weighted by atomic mass is 10.1. The lowest BCUT2D eigenvalue weighted by Gasteiger charge is -2.17. The van der Waals surface area contributed by atoms with Gasteiger partial charge in [0.1, 0.15) is 11.5 Å². The molecule has 0 unspecified atom stereocenters. The number of methoxy groups -OCH3 is 2. The number of sulfonamides is 1. The lowest BCUT2D eigenvalue weighted by Crippen LogP contribution is -2.24. The molecule has 0 atom stereocenters. The highest BCUT2D eigenvalue weighted by atomic mass is 32.2. The normalized spacial score (nSPS) is 11.2. The Hall–Kier alpha value is -3.56. The van der Waals surface area contributed by atoms with E-state index in [1.54, 1.807) is 12.1 Å². The molecule has 0 fully saturated rings. The number of nitrogens with zero attached hydrogens (tertiary/aromatic N) is 1. The van der Waals surface area contributed by atoms with Crippen LogP contribution in [0.3, 0.4) is 0 Å². The number of amides is 1. The Kier molecular flexibility index (Phi) is 7.57. The number of hydrogen-bond acceptors (Lipinski definition) is 6. The van der Waals surface area contributed by atoms with Crippen molar-refractivity contribution in [1.29, 1.82) is 0 Å². The van der Waals surface area contributed by atoms with Gasteiger partial charge in [0, 0.05) is 19.7 Å². The summed E-state index contributed by atoms with van der Waals surface area (Å²) in [7, 11) is 2.03. The fourth-order valence-corrected chi connectivity index (χ4v) is 4.11. The van der Waals surface area contributed by atoms with E-state index in [-0.39, 0.29) is 22.8 Å². The number of para-hydroxylation sites is 1. The molecule has 0 aromatic heterocycles. The van der Waals surface area contributed by atoms with Crippen LogP contribution >= 0.6 is 0 Å². The highest BCUT2D eigenvalue weighted by Gasteiger charge is 2.23. The van der Waals surface area contributed by atoms with E-state index in [1.807, 2.05) is 30.3 Å². The topological polar surface area (TPSA) is 94.2 Å². The fourth-order valence-electron chi connectivity index (χ4n) is 3.07. The second-order valence-corrected chi connectivity index (χ2v) is 9.34. The molecule has 0 saturated heterocycles. The van der Waals surface area contributed by atoms with Crippen LogP contribution in [-0.4, -0.2) is 46.9 Å². The Morgan fingerprint density at radius 1 is 0.909 bits per heavy atom. The molecule has 1 amide bonds. The number of benzene rings is 3. The van der Waals surface area contributed by atoms with Crippen LogP contribution in [0.1, 0.15) is 15.9 Å². The Balaban J connectivity index is 1.91. The first-order chi connectivity index (χ1) is 15.8. The first-order valence-electron chi connectivity index (χ1n) is 10.0. The highest BCUT2D eigenvalue weighted by Crippen LogP contribution is 2.39. The minimum absolute atomic E-state index is 0.00917. The van der Waals surface area contributed by atoms with Crippen molar-refractivity contribution >= 4 is 21.6 Å². The Bertz CT molecular complexity index is 1200. The van der Waals surface area contributed by atoms with Gasteiger partial charge in [-0.1, -0.05) is 42.5 Å². The molecule has 1 N–H and O–H groups in total. The zero-order valence-electron chi connectivity index (χ0n) is 18.9. The van der Waals surface area contributed by atoms with E-state index in [1.165, 1.54) is 52.6 Å². The van der Waals surface area contributed by atoms with Gasteiger partial charge < -0.3 is 19.5 Å². The van der Waals surface area contributed by atoms with E-state index < -0.39 is 15.9 Å². The standard InChI is InChI=1S/C24H26N2O6S/c1-26(2)33(28,29)22-13-9-8-12-19(22)25-24(27)18-14-20(30-3)23(21(15-18)31-4)32-16-17-10-6-5-7-11-17/h5-15H,16H2,1-4H3,(H,25,27). The van der Waals surface area contributed by atoms with Crippen LogP contribution in [0.5, 0.6) is 17.2 Å². The van der Waals surface area contributed by atoms with Crippen LogP contribution < -0.4 is 19.5 Å². The van der Waals surface area contributed by atoms with Gasteiger partial charge in [-0.3, -0.25) is 4.79 Å². The van der Waals surface area contributed by atoms with Crippen LogP contribution in [0.25, 0.3) is 0 Å². The number of hydrogen-bond donors (Lipinski definition) is 1. The third-order valence-electron chi connectivity index (χ3n) is 4.84. The predicted molar refractivity (Wildman–Crippen MR) is 126 cm³/mol. The number of anilines is 1. The molecule has 0 aliphatic rings. The van der Waals surface area contributed by atoms with E-state index in [0.717, 1.165) is 9.87 Å². The van der Waals surface area contributed by atoms with E-state index in [2.05, 4.69) is 5.32 Å². The van der Waals surface area contributed by atoms with Gasteiger partial charge in [-0.2, -0.15) is 0 Å². The average Bonchev–Trinajstić information content (AvgIpc) is 2.82. The predicted octanol–water partition coefficient (Wildman–Crippen LogP) is 3.79. The Labute approximate surface area is 193 Å². The molecule has 174 valence electrons. The van der Waals surface area contributed by atoms with Crippen LogP contribution in [0.15, 0.2) is 71.6 Å². The molecule has 0 bridgehead atoms. The summed E-state index contributed by atoms with van der Waals surface area (Å²) >= 11 is 0. The van der Waals surface area contributed by atoms with E-state index in [4.69, 9.17) is 14.2 Å². The number of rotatable bonds is 9. The lowest BCUT2D eigenvalue weighted by molar-refractivity contribution is 0.102. The molecule has 0 spiro atoms. The monoisotopic (exact) mass is 470 g/mol. The SMILES string of the molecule is COc1cc(C(=O)Nc2ccccc2S(=O)(=O)N(C)C)cc(OC)c1OCc1ccccc1. The summed E-state index contributed by atoms with van der Waals surface area (Å²) in [6.07, 6.45) is 0. The van der Waals surface area contributed by atoms with Gasteiger partial charge in [0.05, 0.1) is 19.9 Å². The maximum absolute atomic E-state index is 13.0. The molecule has 9 heteroatoms. The molecule has 0 radical (unpaired) electrons. The van der Waals surface area contributed by atoms with Crippen molar-refractivity contribution in [3.05, 3.63) is 77.9 Å². The summed E-state index contributed by atoms with van der Waals surface area (Å²) in [5.41, 5.74) is 1.34. The third kappa shape index (κ3) is 5.44. The second-order valence-electron chi connectivity index (χ2n) is 7.22. The smallest absolute Gasteiger partial charge is 0.255 e. The summed E-state index contributed by atoms with van der Waals surface area (Å²) in [4.78, 5) is 13.0. The van der Waals surface area contributed by atoms with Gasteiger partial charge in [0.2, 0.25) is 15.8 Å². The summed E-state index contributed by atoms with van der Waals surface area (Å²) in [6.45, 7) is 0.287. The largest absolute Gasteiger partial charge is 0.493 e. The van der Waals surface area contributed by atoms with Gasteiger partial charge in [-0.15, -0.1) is 0 Å². The molecule has 0 aliphatic carbocycles. The zero-order chi connectivity index (χ0) is 24.0. The second kappa shape index (κ2) is 10.4. The summed E-state index contributed by atoms with van der Waals surface area (Å²) in [5.74, 6) is 0.452. The summed E-state index contributed by atoms with van der Waals surface area (Å²) < 4.78 is 43.1. The van der Waals surface area contributed by atoms with Crippen molar-refractivity contribution in [2.75, 3.05) is 33.6 Å². The molecular weight excluding hydrogens is 444 g/mol. The first kappa shape index (κ1) is 24.1. The minimum atomic E-state index is -3.75. The van der Waals surface area contributed by atoms with Gasteiger partial charge >= 0.3 is 0 Å². The van der Waals surface area contributed by atoms with E-state index in [9.17, 15) is 13.2 Å². The molecular formula is C24H26N2O6S. The zero-order valence-corrected chi connectivity index (χ0v) is 19.7. The average molecular weight is 471 g/mol. The van der Waals surface area contributed by atoms with E-state index >= 15 is 0 Å². The Morgan fingerprint density at radius 3 is 2.06 bits per heavy atom. The van der Waals surface area contributed by atoms with Gasteiger partial charge in [0.15, 0.2) is 11.5 Å². The molecule has 3 aromatic rings. The summed E-state index contributed by atoms with van der Waals surface area (Å²) in [5, 5.41) is 2.67. The molecule has 0 heterocycles. The highest BCUT2D eigenvalue weighted by molar-refractivity contribution is 7.89. The van der Waals surface area contributed by atoms with Crippen LogP contribution in [0.2, 0.25) is 0 Å². The van der Waals surface area contributed by atoms with E-state index in [0.29, 0.717) is 17.2 Å². The number of nitrogens with one attached hydrogen (secondary N) is 1. The number of carbonyl (C=O) groups excluding carboxylic acids is 1. The number of carbonyl (C=O) groups is 1. The molecule has 3 rings (SSSR count). The van der Waals surface area contributed by atoms with Crippen LogP contribution in [0, 0.1) is 0 Å². The van der Waals surface area contributed by atoms with Crippen molar-refractivity contribution < 1.29 is 27.4 Å². The van der Waals surface area contributed by atoms with Gasteiger partial charge in [-0.25, -0.2) is 12.7 Å². The van der Waals surface area contributed by atoms with Crippen molar-refractivity contribution in [3.63, 3.8) is 0 Å². The maximum atomic E-state index is 13.0. The molecule has 33 heavy (non-hydrogen) atoms. The van der Waals surface area contributed by atoms with Gasteiger partial charge in [0.25, 0.3) is 5.91 Å². The summed E-state index contributed by atoms with van der Waals surface area (Å²) in [6, 6.07) is 18.8. The van der Waals surface area contributed by atoms with Crippen LogP contribution in [0.4, 0.5) is 5.69 Å². The fraction of sp³-hybridized carbons (Fsp3) is 0.208. The van der Waals surface area contributed by atoms with Gasteiger partial charge in [-0.05, 0) is 29.8 Å². The molecule has 8 nitrogen and oxygen atoms in total. The molecule has 0 saturated carbocycles. The van der Waals surface area contributed by atoms with Crippen LogP contribution in [-0.2, 0) is 16.6 Å². The number of ether oxygens (including phenoxy) is 3. The van der Waals surface area contributed by atoms with Crippen molar-refractivity contribution in [2.24, 2.45) is 0 Å². The Morgan fingerprint density at radius 2 is 1.48 bits per heavy atom. The quantitative estimate of drug-likeness (QED) is 0.511. The van der Waals surface area contributed by atoms with Crippen molar-refractivity contribution in [1.82, 2.24) is 4.31 Å². The molecule has 3 aromatic carbocycles. The molecule has 0 aliphatic heterocycles. The third-order valence-corrected chi connectivity index (χ3v) is 6.72. The van der Waals surface area contributed by atoms with Crippen molar-refractivity contribution in [3.8, 4) is 17.2 Å². The minimum Gasteiger partial charge on any atom is -0.493 e. The first-order valence-corrected chi connectivity index (χ1v) is 11.5. The van der Waals surface area contributed by atoms with Crippen molar-refractivity contribution in [2.45, 2.75) is 11.5 Å².